The largest absolute Gasteiger partial charge is 0.390 e. The molecular formula is C10H19F3N2. The van der Waals surface area contributed by atoms with Crippen molar-refractivity contribution in [1.82, 2.24) is 10.2 Å². The Morgan fingerprint density at radius 3 is 2.60 bits per heavy atom. The molecule has 1 rings (SSSR count). The second-order valence-corrected chi connectivity index (χ2v) is 4.45. The van der Waals surface area contributed by atoms with Gasteiger partial charge in [0, 0.05) is 19.1 Å². The van der Waals surface area contributed by atoms with Crippen molar-refractivity contribution < 1.29 is 13.2 Å². The maximum Gasteiger partial charge on any atom is 0.390 e. The Kier molecular flexibility index (Phi) is 4.40. The molecule has 1 heterocycles. The number of likely N-dealkylation sites (tertiary alicyclic amines) is 1. The molecule has 0 bridgehead atoms. The van der Waals surface area contributed by atoms with Gasteiger partial charge in [-0.1, -0.05) is 6.92 Å². The molecule has 1 N–H and O–H groups in total. The third kappa shape index (κ3) is 4.84. The van der Waals surface area contributed by atoms with Crippen LogP contribution >= 0.6 is 0 Å². The van der Waals surface area contributed by atoms with Crippen molar-refractivity contribution in [3.8, 4) is 0 Å². The predicted molar refractivity (Wildman–Crippen MR) is 53.7 cm³/mol. The van der Waals surface area contributed by atoms with E-state index < -0.39 is 12.6 Å². The topological polar surface area (TPSA) is 15.3 Å². The Hall–Kier alpha value is -0.290. The van der Waals surface area contributed by atoms with Gasteiger partial charge in [-0.25, -0.2) is 0 Å². The van der Waals surface area contributed by atoms with Gasteiger partial charge in [-0.2, -0.15) is 13.2 Å². The molecule has 0 amide bonds. The number of hydrogen-bond donors (Lipinski definition) is 1. The molecule has 0 aromatic carbocycles. The number of nitrogens with one attached hydrogen (secondary N) is 1. The lowest BCUT2D eigenvalue weighted by atomic mass is 9.94. The van der Waals surface area contributed by atoms with E-state index in [1.165, 1.54) is 0 Å². The molecule has 0 spiro atoms. The summed E-state index contributed by atoms with van der Waals surface area (Å²) >= 11 is 0. The fraction of sp³-hybridized carbons (Fsp3) is 1.00. The number of halogens is 3. The summed E-state index contributed by atoms with van der Waals surface area (Å²) in [5.74, 6) is 0.428. The molecule has 5 heteroatoms. The third-order valence-electron chi connectivity index (χ3n) is 2.92. The van der Waals surface area contributed by atoms with Crippen molar-refractivity contribution in [3.63, 3.8) is 0 Å². The van der Waals surface area contributed by atoms with E-state index in [4.69, 9.17) is 0 Å². The average Bonchev–Trinajstić information content (AvgIpc) is 2.07. The van der Waals surface area contributed by atoms with E-state index in [1.54, 1.807) is 0 Å². The highest BCUT2D eigenvalue weighted by Crippen LogP contribution is 2.20. The number of rotatable bonds is 3. The Bertz CT molecular complexity index is 194. The number of piperidine rings is 1. The molecule has 0 aromatic rings. The minimum Gasteiger partial charge on any atom is -0.313 e. The van der Waals surface area contributed by atoms with Crippen LogP contribution in [0.1, 0.15) is 19.8 Å². The van der Waals surface area contributed by atoms with Crippen LogP contribution < -0.4 is 5.32 Å². The van der Waals surface area contributed by atoms with Crippen LogP contribution in [0, 0.1) is 5.92 Å². The second-order valence-electron chi connectivity index (χ2n) is 4.45. The summed E-state index contributed by atoms with van der Waals surface area (Å²) in [6.45, 7) is 4.06. The molecule has 1 aliphatic rings. The highest BCUT2D eigenvalue weighted by Gasteiger charge is 2.28. The average molecular weight is 224 g/mol. The van der Waals surface area contributed by atoms with Crippen LogP contribution in [0.5, 0.6) is 0 Å². The van der Waals surface area contributed by atoms with Gasteiger partial charge in [0.15, 0.2) is 0 Å². The molecule has 1 saturated heterocycles. The van der Waals surface area contributed by atoms with Crippen molar-refractivity contribution in [2.24, 2.45) is 5.92 Å². The summed E-state index contributed by atoms with van der Waals surface area (Å²) in [5, 5.41) is 3.00. The molecule has 0 saturated carbocycles. The van der Waals surface area contributed by atoms with Crippen LogP contribution in [0.15, 0.2) is 0 Å². The van der Waals surface area contributed by atoms with Gasteiger partial charge >= 0.3 is 6.18 Å². The minimum absolute atomic E-state index is 0.0439. The van der Waals surface area contributed by atoms with Gasteiger partial charge in [-0.05, 0) is 25.9 Å². The van der Waals surface area contributed by atoms with Crippen molar-refractivity contribution in [3.05, 3.63) is 0 Å². The van der Waals surface area contributed by atoms with Gasteiger partial charge in [-0.3, -0.25) is 0 Å². The van der Waals surface area contributed by atoms with Gasteiger partial charge in [0.1, 0.15) is 0 Å². The Balaban J connectivity index is 2.21. The molecular weight excluding hydrogens is 205 g/mol. The zero-order valence-corrected chi connectivity index (χ0v) is 9.27. The summed E-state index contributed by atoms with van der Waals surface area (Å²) in [6.07, 6.45) is -3.83. The van der Waals surface area contributed by atoms with Crippen molar-refractivity contribution in [1.29, 1.82) is 0 Å². The molecule has 0 aromatic heterocycles. The lowest BCUT2D eigenvalue weighted by molar-refractivity contribution is -0.133. The summed E-state index contributed by atoms with van der Waals surface area (Å²) < 4.78 is 35.8. The second kappa shape index (κ2) is 5.16. The summed E-state index contributed by atoms with van der Waals surface area (Å²) in [6, 6.07) is 0.239. The maximum atomic E-state index is 11.9. The molecule has 2 unspecified atom stereocenters. The van der Waals surface area contributed by atoms with Crippen molar-refractivity contribution in [2.45, 2.75) is 32.0 Å². The fourth-order valence-electron chi connectivity index (χ4n) is 2.06. The van der Waals surface area contributed by atoms with Crippen LogP contribution in [0.4, 0.5) is 13.2 Å². The Labute approximate surface area is 88.8 Å². The first-order valence-electron chi connectivity index (χ1n) is 5.37. The van der Waals surface area contributed by atoms with Gasteiger partial charge in [-0.15, -0.1) is 0 Å². The monoisotopic (exact) mass is 224 g/mol. The smallest absolute Gasteiger partial charge is 0.313 e. The van der Waals surface area contributed by atoms with Gasteiger partial charge in [0.2, 0.25) is 0 Å². The van der Waals surface area contributed by atoms with Gasteiger partial charge in [0.25, 0.3) is 0 Å². The van der Waals surface area contributed by atoms with E-state index in [9.17, 15) is 13.2 Å². The molecule has 2 nitrogen and oxygen atoms in total. The van der Waals surface area contributed by atoms with E-state index in [1.807, 2.05) is 7.05 Å². The third-order valence-corrected chi connectivity index (χ3v) is 2.92. The first-order valence-corrected chi connectivity index (χ1v) is 5.37. The van der Waals surface area contributed by atoms with E-state index in [2.05, 4.69) is 17.1 Å². The summed E-state index contributed by atoms with van der Waals surface area (Å²) in [4.78, 5) is 2.21. The van der Waals surface area contributed by atoms with E-state index in [0.29, 0.717) is 5.92 Å². The number of hydrogen-bond acceptors (Lipinski definition) is 2. The standard InChI is InChI=1S/C10H19F3N2/c1-8-7-15(2)6-3-9(8)14-5-4-10(11,12)13/h8-9,14H,3-7H2,1-2H3. The quantitative estimate of drug-likeness (QED) is 0.787. The van der Waals surface area contributed by atoms with E-state index in [0.717, 1.165) is 19.5 Å². The molecule has 0 radical (unpaired) electrons. The lowest BCUT2D eigenvalue weighted by Gasteiger charge is -2.35. The van der Waals surface area contributed by atoms with E-state index >= 15 is 0 Å². The normalized spacial score (nSPS) is 29.4. The van der Waals surface area contributed by atoms with Gasteiger partial charge < -0.3 is 10.2 Å². The SMILES string of the molecule is CC1CN(C)CCC1NCCC(F)(F)F. The first kappa shape index (κ1) is 12.8. The van der Waals surface area contributed by atoms with Crippen LogP contribution in [0.2, 0.25) is 0 Å². The fourth-order valence-corrected chi connectivity index (χ4v) is 2.06. The zero-order chi connectivity index (χ0) is 11.5. The van der Waals surface area contributed by atoms with Crippen molar-refractivity contribution >= 4 is 0 Å². The van der Waals surface area contributed by atoms with Crippen LogP contribution in [-0.2, 0) is 0 Å². The predicted octanol–water partition coefficient (Wildman–Crippen LogP) is 1.87. The van der Waals surface area contributed by atoms with Crippen molar-refractivity contribution in [2.75, 3.05) is 26.7 Å². The lowest BCUT2D eigenvalue weighted by Crippen LogP contribution is -2.47. The first-order chi connectivity index (χ1) is 6.88. The van der Waals surface area contributed by atoms with Gasteiger partial charge in [0.05, 0.1) is 6.42 Å². The summed E-state index contributed by atoms with van der Waals surface area (Å²) in [5.41, 5.74) is 0. The van der Waals surface area contributed by atoms with Crippen LogP contribution in [0.3, 0.4) is 0 Å². The minimum atomic E-state index is -4.04. The highest BCUT2D eigenvalue weighted by molar-refractivity contribution is 4.81. The Morgan fingerprint density at radius 2 is 2.07 bits per heavy atom. The van der Waals surface area contributed by atoms with Crippen LogP contribution in [0.25, 0.3) is 0 Å². The molecule has 1 aliphatic heterocycles. The molecule has 15 heavy (non-hydrogen) atoms. The zero-order valence-electron chi connectivity index (χ0n) is 9.27. The molecule has 2 atom stereocenters. The highest BCUT2D eigenvalue weighted by atomic mass is 19.4. The van der Waals surface area contributed by atoms with E-state index in [-0.39, 0.29) is 12.6 Å². The number of nitrogens with zero attached hydrogens (tertiary/aromatic N) is 1. The maximum absolute atomic E-state index is 11.9. The number of alkyl halides is 3. The molecule has 90 valence electrons. The molecule has 0 aliphatic carbocycles. The van der Waals surface area contributed by atoms with Crippen LogP contribution in [-0.4, -0.2) is 43.8 Å². The Morgan fingerprint density at radius 1 is 1.40 bits per heavy atom. The molecule has 1 fully saturated rings. The summed E-state index contributed by atoms with van der Waals surface area (Å²) in [7, 11) is 2.04.